The van der Waals surface area contributed by atoms with Crippen LogP contribution in [0.5, 0.6) is 11.5 Å². The van der Waals surface area contributed by atoms with Crippen molar-refractivity contribution in [3.8, 4) is 11.5 Å². The monoisotopic (exact) mass is 351 g/mol. The number of ketones is 1. The lowest BCUT2D eigenvalue weighted by Gasteiger charge is -2.20. The Morgan fingerprint density at radius 1 is 1.12 bits per heavy atom. The quantitative estimate of drug-likeness (QED) is 0.462. The molecule has 0 unspecified atom stereocenters. The van der Waals surface area contributed by atoms with Gasteiger partial charge in [-0.2, -0.15) is 0 Å². The van der Waals surface area contributed by atoms with E-state index in [2.05, 4.69) is 18.7 Å². The van der Waals surface area contributed by atoms with Gasteiger partial charge in [0.2, 0.25) is 5.78 Å². The van der Waals surface area contributed by atoms with Gasteiger partial charge in [-0.15, -0.1) is 0 Å². The molecular weight excluding hydrogens is 330 g/mol. The summed E-state index contributed by atoms with van der Waals surface area (Å²) in [5.41, 5.74) is 2.49. The summed E-state index contributed by atoms with van der Waals surface area (Å²) >= 11 is 0. The first kappa shape index (κ1) is 17.7. The number of rotatable bonds is 5. The molecule has 26 heavy (non-hydrogen) atoms. The third-order valence-electron chi connectivity index (χ3n) is 4.22. The summed E-state index contributed by atoms with van der Waals surface area (Å²) in [4.78, 5) is 25.8. The first-order valence-corrected chi connectivity index (χ1v) is 8.63. The number of nitrogens with zero attached hydrogens (tertiary/aromatic N) is 1. The Kier molecular flexibility index (Phi) is 5.07. The lowest BCUT2D eigenvalue weighted by Crippen LogP contribution is -2.21. The summed E-state index contributed by atoms with van der Waals surface area (Å²) < 4.78 is 10.7. The Hall–Kier alpha value is -3.08. The SMILES string of the molecule is CCN(CC)c1ccc(/C=C2\Oc3cc(OC(C)=O)ccc3C2=O)cc1. The Balaban J connectivity index is 1.81. The van der Waals surface area contributed by atoms with Crippen molar-refractivity contribution in [3.05, 3.63) is 59.4 Å². The molecule has 0 spiro atoms. The number of carbonyl (C=O) groups is 2. The summed E-state index contributed by atoms with van der Waals surface area (Å²) in [5.74, 6) is 0.421. The van der Waals surface area contributed by atoms with Crippen LogP contribution in [0.3, 0.4) is 0 Å². The minimum absolute atomic E-state index is 0.179. The Labute approximate surface area is 152 Å². The highest BCUT2D eigenvalue weighted by Crippen LogP contribution is 2.35. The summed E-state index contributed by atoms with van der Waals surface area (Å²) in [7, 11) is 0. The van der Waals surface area contributed by atoms with E-state index < -0.39 is 5.97 Å². The van der Waals surface area contributed by atoms with Crippen molar-refractivity contribution in [2.24, 2.45) is 0 Å². The lowest BCUT2D eigenvalue weighted by atomic mass is 10.1. The normalized spacial score (nSPS) is 14.1. The average molecular weight is 351 g/mol. The van der Waals surface area contributed by atoms with Gasteiger partial charge in [-0.25, -0.2) is 0 Å². The molecule has 0 atom stereocenters. The summed E-state index contributed by atoms with van der Waals surface area (Å²) in [6.07, 6.45) is 1.72. The highest BCUT2D eigenvalue weighted by Gasteiger charge is 2.27. The predicted octanol–water partition coefficient (Wildman–Crippen LogP) is 4.07. The maximum absolute atomic E-state index is 12.5. The predicted molar refractivity (Wildman–Crippen MR) is 101 cm³/mol. The number of Topliss-reactive ketones (excluding diaryl/α,β-unsaturated/α-hetero) is 1. The Morgan fingerprint density at radius 3 is 2.42 bits per heavy atom. The smallest absolute Gasteiger partial charge is 0.308 e. The van der Waals surface area contributed by atoms with Gasteiger partial charge >= 0.3 is 5.97 Å². The molecule has 0 radical (unpaired) electrons. The second kappa shape index (κ2) is 7.44. The largest absolute Gasteiger partial charge is 0.452 e. The van der Waals surface area contributed by atoms with Gasteiger partial charge in [-0.1, -0.05) is 12.1 Å². The standard InChI is InChI=1S/C21H21NO4/c1-4-22(5-2)16-8-6-15(7-9-16)12-20-21(24)18-11-10-17(25-14(3)23)13-19(18)26-20/h6-13H,4-5H2,1-3H3/b20-12-. The maximum atomic E-state index is 12.5. The van der Waals surface area contributed by atoms with Crippen molar-refractivity contribution in [1.29, 1.82) is 0 Å². The van der Waals surface area contributed by atoms with Gasteiger partial charge in [0.05, 0.1) is 5.56 Å². The summed E-state index contributed by atoms with van der Waals surface area (Å²) in [6, 6.07) is 12.7. The van der Waals surface area contributed by atoms with E-state index >= 15 is 0 Å². The van der Waals surface area contributed by atoms with Crippen LogP contribution in [-0.2, 0) is 4.79 Å². The maximum Gasteiger partial charge on any atom is 0.308 e. The zero-order chi connectivity index (χ0) is 18.7. The van der Waals surface area contributed by atoms with Crippen LogP contribution in [0.2, 0.25) is 0 Å². The number of anilines is 1. The minimum Gasteiger partial charge on any atom is -0.452 e. The van der Waals surface area contributed by atoms with Crippen molar-refractivity contribution in [2.45, 2.75) is 20.8 Å². The lowest BCUT2D eigenvalue weighted by molar-refractivity contribution is -0.131. The molecule has 0 saturated heterocycles. The summed E-state index contributed by atoms with van der Waals surface area (Å²) in [5, 5.41) is 0. The number of fused-ring (bicyclic) bond motifs is 1. The molecule has 0 fully saturated rings. The molecule has 0 aliphatic carbocycles. The fourth-order valence-corrected chi connectivity index (χ4v) is 2.92. The van der Waals surface area contributed by atoms with E-state index in [1.54, 1.807) is 24.3 Å². The van der Waals surface area contributed by atoms with Crippen molar-refractivity contribution >= 4 is 23.5 Å². The molecule has 5 heteroatoms. The topological polar surface area (TPSA) is 55.8 Å². The number of hydrogen-bond donors (Lipinski definition) is 0. The highest BCUT2D eigenvalue weighted by molar-refractivity contribution is 6.14. The van der Waals surface area contributed by atoms with E-state index in [1.807, 2.05) is 24.3 Å². The van der Waals surface area contributed by atoms with Crippen LogP contribution in [-0.4, -0.2) is 24.8 Å². The molecule has 0 N–H and O–H groups in total. The van der Waals surface area contributed by atoms with Crippen molar-refractivity contribution < 1.29 is 19.1 Å². The molecule has 0 saturated carbocycles. The van der Waals surface area contributed by atoms with E-state index in [9.17, 15) is 9.59 Å². The van der Waals surface area contributed by atoms with Gasteiger partial charge in [0.1, 0.15) is 11.5 Å². The second-order valence-corrected chi connectivity index (χ2v) is 5.96. The van der Waals surface area contributed by atoms with Crippen molar-refractivity contribution in [1.82, 2.24) is 0 Å². The zero-order valence-electron chi connectivity index (χ0n) is 15.1. The molecule has 0 bridgehead atoms. The molecular formula is C21H21NO4. The number of esters is 1. The van der Waals surface area contributed by atoms with Gasteiger partial charge in [-0.05, 0) is 49.8 Å². The molecule has 3 rings (SSSR count). The highest BCUT2D eigenvalue weighted by atomic mass is 16.5. The van der Waals surface area contributed by atoms with Crippen LogP contribution in [0, 0.1) is 0 Å². The number of carbonyl (C=O) groups excluding carboxylic acids is 2. The van der Waals surface area contributed by atoms with Gasteiger partial charge in [0.15, 0.2) is 5.76 Å². The third-order valence-corrected chi connectivity index (χ3v) is 4.22. The van der Waals surface area contributed by atoms with E-state index in [-0.39, 0.29) is 11.5 Å². The molecule has 0 amide bonds. The Bertz CT molecular complexity index is 864. The van der Waals surface area contributed by atoms with Crippen LogP contribution in [0.25, 0.3) is 6.08 Å². The van der Waals surface area contributed by atoms with Crippen LogP contribution < -0.4 is 14.4 Å². The van der Waals surface area contributed by atoms with Gasteiger partial charge in [0.25, 0.3) is 0 Å². The first-order chi connectivity index (χ1) is 12.5. The summed E-state index contributed by atoms with van der Waals surface area (Å²) in [6.45, 7) is 7.45. The molecule has 1 aliphatic rings. The van der Waals surface area contributed by atoms with Gasteiger partial charge < -0.3 is 14.4 Å². The van der Waals surface area contributed by atoms with Crippen molar-refractivity contribution in [3.63, 3.8) is 0 Å². The minimum atomic E-state index is -0.418. The molecule has 5 nitrogen and oxygen atoms in total. The number of hydrogen-bond acceptors (Lipinski definition) is 5. The average Bonchev–Trinajstić information content (AvgIpc) is 2.92. The first-order valence-electron chi connectivity index (χ1n) is 8.63. The van der Waals surface area contributed by atoms with Gasteiger partial charge in [0, 0.05) is 31.8 Å². The van der Waals surface area contributed by atoms with Crippen LogP contribution in [0.1, 0.15) is 36.7 Å². The molecule has 134 valence electrons. The molecule has 2 aromatic rings. The molecule has 0 aromatic heterocycles. The van der Waals surface area contributed by atoms with E-state index in [1.165, 1.54) is 6.92 Å². The number of benzene rings is 2. The van der Waals surface area contributed by atoms with Crippen LogP contribution in [0.15, 0.2) is 48.2 Å². The fraction of sp³-hybridized carbons (Fsp3) is 0.238. The van der Waals surface area contributed by atoms with Crippen molar-refractivity contribution in [2.75, 3.05) is 18.0 Å². The van der Waals surface area contributed by atoms with Crippen LogP contribution in [0.4, 0.5) is 5.69 Å². The van der Waals surface area contributed by atoms with Gasteiger partial charge in [-0.3, -0.25) is 9.59 Å². The second-order valence-electron chi connectivity index (χ2n) is 5.96. The van der Waals surface area contributed by atoms with E-state index in [0.717, 1.165) is 24.3 Å². The van der Waals surface area contributed by atoms with E-state index in [0.29, 0.717) is 17.1 Å². The number of allylic oxidation sites excluding steroid dienone is 1. The molecule has 2 aromatic carbocycles. The molecule has 1 heterocycles. The van der Waals surface area contributed by atoms with Crippen LogP contribution >= 0.6 is 0 Å². The Morgan fingerprint density at radius 2 is 1.81 bits per heavy atom. The number of ether oxygens (including phenoxy) is 2. The zero-order valence-corrected chi connectivity index (χ0v) is 15.1. The third kappa shape index (κ3) is 3.61. The molecule has 1 aliphatic heterocycles. The van der Waals surface area contributed by atoms with E-state index in [4.69, 9.17) is 9.47 Å². The fourth-order valence-electron chi connectivity index (χ4n) is 2.92.